The van der Waals surface area contributed by atoms with Gasteiger partial charge in [0.2, 0.25) is 0 Å². The summed E-state index contributed by atoms with van der Waals surface area (Å²) in [5, 5.41) is 18.1. The second-order valence-corrected chi connectivity index (χ2v) is 12.4. The monoisotopic (exact) mass is 485 g/mol. The van der Waals surface area contributed by atoms with Gasteiger partial charge in [0.05, 0.1) is 13.2 Å². The van der Waals surface area contributed by atoms with E-state index in [0.717, 1.165) is 25.7 Å². The van der Waals surface area contributed by atoms with Crippen molar-refractivity contribution in [1.82, 2.24) is 0 Å². The van der Waals surface area contributed by atoms with E-state index in [1.54, 1.807) is 0 Å². The fourth-order valence-corrected chi connectivity index (χ4v) is 3.77. The number of aliphatic hydroxyl groups is 2. The molecule has 0 heterocycles. The van der Waals surface area contributed by atoms with E-state index in [1.807, 2.05) is 6.92 Å². The van der Waals surface area contributed by atoms with Crippen LogP contribution in [-0.4, -0.2) is 23.4 Å². The average molecular weight is 486 g/mol. The lowest BCUT2D eigenvalue weighted by molar-refractivity contribution is -0.407. The molecule has 0 aliphatic carbocycles. The van der Waals surface area contributed by atoms with Gasteiger partial charge in [0.25, 0.3) is 0 Å². The van der Waals surface area contributed by atoms with E-state index < -0.39 is 8.60 Å². The van der Waals surface area contributed by atoms with E-state index >= 15 is 0 Å². The molecule has 0 aliphatic rings. The third-order valence-electron chi connectivity index (χ3n) is 5.91. The predicted molar refractivity (Wildman–Crippen MR) is 136 cm³/mol. The topological polar surface area (TPSA) is 110 Å². The van der Waals surface area contributed by atoms with Gasteiger partial charge in [-0.05, 0) is 45.8 Å². The molecule has 0 amide bonds. The second-order valence-electron chi connectivity index (χ2n) is 12.0. The van der Waals surface area contributed by atoms with Gasteiger partial charge in [-0.2, -0.15) is 0 Å². The minimum absolute atomic E-state index is 0.111. The van der Waals surface area contributed by atoms with Gasteiger partial charge >= 0.3 is 0 Å². The van der Waals surface area contributed by atoms with Crippen LogP contribution in [0.5, 0.6) is 0 Å². The molecular weight excluding hydrogens is 435 g/mol. The van der Waals surface area contributed by atoms with Gasteiger partial charge in [0.1, 0.15) is 0 Å². The first-order valence-electron chi connectivity index (χ1n) is 12.0. The molecule has 1 rings (SSSR count). The summed E-state index contributed by atoms with van der Waals surface area (Å²) in [6.45, 7) is 25.2. The van der Waals surface area contributed by atoms with Crippen LogP contribution in [-0.2, 0) is 16.2 Å². The molecule has 0 saturated carbocycles. The van der Waals surface area contributed by atoms with E-state index in [0.29, 0.717) is 0 Å². The molecule has 196 valence electrons. The van der Waals surface area contributed by atoms with E-state index in [1.165, 1.54) is 16.7 Å². The second kappa shape index (κ2) is 14.8. The molecule has 0 aromatic heterocycles. The van der Waals surface area contributed by atoms with Gasteiger partial charge < -0.3 is 33.5 Å². The summed E-state index contributed by atoms with van der Waals surface area (Å²) in [6, 6.07) is 6.82. The van der Waals surface area contributed by atoms with E-state index in [-0.39, 0.29) is 34.9 Å². The maximum Gasteiger partial charge on any atom is 0.0509 e. The number of hydrogen-bond donors (Lipinski definition) is 2. The molecule has 2 N–H and O–H groups in total. The van der Waals surface area contributed by atoms with Crippen molar-refractivity contribution in [1.29, 1.82) is 0 Å². The molecule has 5 nitrogen and oxygen atoms in total. The molecule has 0 radical (unpaired) electrons. The van der Waals surface area contributed by atoms with Crippen LogP contribution in [0.2, 0.25) is 0 Å². The summed E-state index contributed by atoms with van der Waals surface area (Å²) in [7, 11) is -3.37. The third kappa shape index (κ3) is 13.2. The minimum atomic E-state index is -3.37. The summed E-state index contributed by atoms with van der Waals surface area (Å²) in [5.74, 6) is 0. The van der Waals surface area contributed by atoms with Crippen LogP contribution in [0.1, 0.15) is 119 Å². The number of hydrogen-bond acceptors (Lipinski definition) is 5. The van der Waals surface area contributed by atoms with E-state index in [4.69, 9.17) is 24.9 Å². The Kier molecular flexibility index (Phi) is 15.5. The maximum atomic E-state index is 9.04. The molecule has 0 unspecified atom stereocenters. The zero-order chi connectivity index (χ0) is 26.7. The Balaban J connectivity index is 0. The molecule has 1 aromatic carbocycles. The zero-order valence-corrected chi connectivity index (χ0v) is 23.9. The highest BCUT2D eigenvalue weighted by atomic mass is 31.2. The summed E-state index contributed by atoms with van der Waals surface area (Å²) in [4.78, 5) is 25.4. The summed E-state index contributed by atoms with van der Waals surface area (Å²) in [6.07, 6.45) is 4.02. The van der Waals surface area contributed by atoms with E-state index in [9.17, 15) is 0 Å². The van der Waals surface area contributed by atoms with Crippen LogP contribution in [0.3, 0.4) is 0 Å². The van der Waals surface area contributed by atoms with Crippen LogP contribution >= 0.6 is 8.60 Å². The number of benzene rings is 1. The summed E-state index contributed by atoms with van der Waals surface area (Å²) >= 11 is 0. The highest BCUT2D eigenvalue weighted by Gasteiger charge is 2.31. The standard InChI is InChI=1S/C18H30.C9H20O2.O3P/c1-16(2,3)13-11-10-12-14(17(4,5)6)15(13)18(7,8)9;1-3-5-6-9(4-2,7-10)8-11;1-4(2)3/h10-12H,1-9H3;10-11H,3-8H2,1-2H3;/q;;-3. The molecule has 0 saturated heterocycles. The molecule has 0 aliphatic heterocycles. The Morgan fingerprint density at radius 3 is 1.30 bits per heavy atom. The SMILES string of the molecule is CC(C)(C)c1cccc(C(C)(C)C)c1C(C)(C)C.CCCCC(CC)(CO)CO.[O-]P([O-])[O-]. The quantitative estimate of drug-likeness (QED) is 0.579. The van der Waals surface area contributed by atoms with Crippen LogP contribution in [0, 0.1) is 5.41 Å². The molecule has 1 aromatic rings. The van der Waals surface area contributed by atoms with Crippen molar-refractivity contribution in [2.24, 2.45) is 5.41 Å². The van der Waals surface area contributed by atoms with E-state index in [2.05, 4.69) is 87.4 Å². The Hall–Kier alpha value is -0.550. The maximum absolute atomic E-state index is 9.04. The van der Waals surface area contributed by atoms with Crippen molar-refractivity contribution in [3.8, 4) is 0 Å². The van der Waals surface area contributed by atoms with Crippen LogP contribution < -0.4 is 14.7 Å². The fraction of sp³-hybridized carbons (Fsp3) is 0.778. The lowest BCUT2D eigenvalue weighted by atomic mass is 9.69. The van der Waals surface area contributed by atoms with Gasteiger partial charge in [-0.3, -0.25) is 0 Å². The largest absolute Gasteiger partial charge is 0.854 e. The van der Waals surface area contributed by atoms with Gasteiger partial charge in [0, 0.05) is 5.41 Å². The molecule has 33 heavy (non-hydrogen) atoms. The Bertz CT molecular complexity index is 605. The van der Waals surface area contributed by atoms with Crippen molar-refractivity contribution < 1.29 is 24.9 Å². The first-order chi connectivity index (χ1) is 14.8. The van der Waals surface area contributed by atoms with Crippen molar-refractivity contribution in [2.75, 3.05) is 13.2 Å². The zero-order valence-electron chi connectivity index (χ0n) is 23.0. The lowest BCUT2D eigenvalue weighted by Gasteiger charge is -2.39. The average Bonchev–Trinajstić information content (AvgIpc) is 2.67. The number of rotatable bonds is 6. The van der Waals surface area contributed by atoms with Gasteiger partial charge in [0.15, 0.2) is 0 Å². The van der Waals surface area contributed by atoms with Gasteiger partial charge in [-0.1, -0.05) is 107 Å². The molecule has 0 atom stereocenters. The third-order valence-corrected chi connectivity index (χ3v) is 5.91. The van der Waals surface area contributed by atoms with Crippen LogP contribution in [0.15, 0.2) is 18.2 Å². The van der Waals surface area contributed by atoms with Crippen molar-refractivity contribution in [2.45, 2.75) is 118 Å². The van der Waals surface area contributed by atoms with Gasteiger partial charge in [-0.15, -0.1) is 0 Å². The fourth-order valence-electron chi connectivity index (χ4n) is 3.77. The highest BCUT2D eigenvalue weighted by molar-refractivity contribution is 7.33. The first kappa shape index (κ1) is 34.6. The number of unbranched alkanes of at least 4 members (excludes halogenated alkanes) is 1. The van der Waals surface area contributed by atoms with Gasteiger partial charge in [-0.25, -0.2) is 0 Å². The first-order valence-corrected chi connectivity index (χ1v) is 13.1. The summed E-state index contributed by atoms with van der Waals surface area (Å²) < 4.78 is 0. The van der Waals surface area contributed by atoms with Crippen molar-refractivity contribution in [3.63, 3.8) is 0 Å². The highest BCUT2D eigenvalue weighted by Crippen LogP contribution is 2.40. The molecule has 6 heteroatoms. The smallest absolute Gasteiger partial charge is 0.0509 e. The molecular formula is C27H50O5P-3. The van der Waals surface area contributed by atoms with Crippen molar-refractivity contribution >= 4 is 8.60 Å². The molecule has 0 bridgehead atoms. The Morgan fingerprint density at radius 2 is 1.09 bits per heavy atom. The van der Waals surface area contributed by atoms with Crippen LogP contribution in [0.25, 0.3) is 0 Å². The number of aliphatic hydroxyl groups excluding tert-OH is 2. The van der Waals surface area contributed by atoms with Crippen LogP contribution in [0.4, 0.5) is 0 Å². The summed E-state index contributed by atoms with van der Waals surface area (Å²) in [5.41, 5.74) is 4.88. The minimum Gasteiger partial charge on any atom is -0.854 e. The normalized spacial score (nSPS) is 12.6. The predicted octanol–water partition coefficient (Wildman–Crippen LogP) is 4.43. The van der Waals surface area contributed by atoms with Crippen molar-refractivity contribution in [3.05, 3.63) is 34.9 Å². The molecule has 0 fully saturated rings. The lowest BCUT2D eigenvalue weighted by Crippen LogP contribution is -2.28. The Labute approximate surface area is 205 Å². The molecule has 0 spiro atoms. The Morgan fingerprint density at radius 1 is 0.727 bits per heavy atom.